The molecular weight excluding hydrogens is 685 g/mol. The van der Waals surface area contributed by atoms with Gasteiger partial charge < -0.3 is 8.98 Å². The fraction of sp³-hybridized carbons (Fsp3) is 0. The van der Waals surface area contributed by atoms with Crippen molar-refractivity contribution in [2.24, 2.45) is 0 Å². The molecule has 5 heteroatoms. The van der Waals surface area contributed by atoms with Gasteiger partial charge in [0.2, 0.25) is 0 Å². The maximum Gasteiger partial charge on any atom is 0.164 e. The first kappa shape index (κ1) is 31.9. The topological polar surface area (TPSA) is 56.7 Å². The Hall–Kier alpha value is -7.63. The number of fused-ring (bicyclic) bond motifs is 7. The van der Waals surface area contributed by atoms with Crippen molar-refractivity contribution in [3.05, 3.63) is 194 Å². The minimum atomic E-state index is 0.598. The van der Waals surface area contributed by atoms with Crippen molar-refractivity contribution in [3.63, 3.8) is 0 Å². The zero-order chi connectivity index (χ0) is 37.0. The number of nitrogens with zero attached hydrogens (tertiary/aromatic N) is 4. The van der Waals surface area contributed by atoms with E-state index in [1.165, 1.54) is 16.3 Å². The van der Waals surface area contributed by atoms with E-state index in [1.807, 2.05) is 48.5 Å². The van der Waals surface area contributed by atoms with E-state index in [2.05, 4.69) is 150 Å². The molecule has 0 amide bonds. The third kappa shape index (κ3) is 5.37. The maximum atomic E-state index is 6.60. The van der Waals surface area contributed by atoms with Gasteiger partial charge in [0, 0.05) is 38.5 Å². The molecule has 56 heavy (non-hydrogen) atoms. The second-order valence-electron chi connectivity index (χ2n) is 14.0. The van der Waals surface area contributed by atoms with E-state index in [9.17, 15) is 0 Å². The lowest BCUT2D eigenvalue weighted by atomic mass is 10.0. The maximum absolute atomic E-state index is 6.60. The Labute approximate surface area is 322 Å². The van der Waals surface area contributed by atoms with Crippen LogP contribution in [0.5, 0.6) is 0 Å². The zero-order valence-electron chi connectivity index (χ0n) is 30.2. The lowest BCUT2D eigenvalue weighted by Crippen LogP contribution is -2.00. The van der Waals surface area contributed by atoms with Crippen LogP contribution >= 0.6 is 0 Å². The first-order valence-electron chi connectivity index (χ1n) is 18.8. The van der Waals surface area contributed by atoms with E-state index in [4.69, 9.17) is 19.4 Å². The summed E-state index contributed by atoms with van der Waals surface area (Å²) in [5, 5.41) is 4.41. The molecule has 0 aliphatic heterocycles. The van der Waals surface area contributed by atoms with Crippen molar-refractivity contribution in [3.8, 4) is 62.1 Å². The Kier molecular flexibility index (Phi) is 7.42. The van der Waals surface area contributed by atoms with Crippen LogP contribution in [-0.2, 0) is 0 Å². The molecule has 0 aliphatic carbocycles. The highest BCUT2D eigenvalue weighted by molar-refractivity contribution is 6.24. The predicted octanol–water partition coefficient (Wildman–Crippen LogP) is 13.2. The molecule has 8 aromatic carbocycles. The van der Waals surface area contributed by atoms with Gasteiger partial charge in [0.25, 0.3) is 0 Å². The third-order valence-corrected chi connectivity index (χ3v) is 10.7. The first-order valence-corrected chi connectivity index (χ1v) is 18.8. The number of para-hydroxylation sites is 1. The molecule has 5 nitrogen and oxygen atoms in total. The predicted molar refractivity (Wildman–Crippen MR) is 229 cm³/mol. The molecule has 0 spiro atoms. The van der Waals surface area contributed by atoms with Crippen molar-refractivity contribution in [1.82, 2.24) is 19.5 Å². The van der Waals surface area contributed by atoms with E-state index < -0.39 is 0 Å². The summed E-state index contributed by atoms with van der Waals surface area (Å²) in [5.41, 5.74) is 12.3. The summed E-state index contributed by atoms with van der Waals surface area (Å²) in [4.78, 5) is 15.2. The molecule has 0 saturated carbocycles. The molecule has 11 aromatic rings. The average molecular weight is 717 g/mol. The van der Waals surface area contributed by atoms with Crippen molar-refractivity contribution in [1.29, 1.82) is 0 Å². The van der Waals surface area contributed by atoms with Gasteiger partial charge in [-0.25, -0.2) is 15.0 Å². The van der Waals surface area contributed by atoms with Crippen LogP contribution in [0.15, 0.2) is 199 Å². The number of furan rings is 1. The SMILES string of the molecule is c1ccc(-c2ccc(-c3nc(-c4ccccc4)nc(-c4ccc5oc6ccc7c8ccccc8n(-c8cccc(-c9ccccc9)c8)c7c6c5c4)n3)cc2)cc1. The quantitative estimate of drug-likeness (QED) is 0.172. The van der Waals surface area contributed by atoms with Crippen LogP contribution in [0.4, 0.5) is 0 Å². The molecule has 11 rings (SSSR count). The van der Waals surface area contributed by atoms with Gasteiger partial charge >= 0.3 is 0 Å². The fourth-order valence-electron chi connectivity index (χ4n) is 7.97. The van der Waals surface area contributed by atoms with Gasteiger partial charge in [0.1, 0.15) is 11.2 Å². The Bertz CT molecular complexity index is 3220. The van der Waals surface area contributed by atoms with E-state index in [-0.39, 0.29) is 0 Å². The summed E-state index contributed by atoms with van der Waals surface area (Å²) < 4.78 is 8.98. The van der Waals surface area contributed by atoms with E-state index >= 15 is 0 Å². The lowest BCUT2D eigenvalue weighted by Gasteiger charge is -2.11. The van der Waals surface area contributed by atoms with Crippen LogP contribution in [0.3, 0.4) is 0 Å². The van der Waals surface area contributed by atoms with E-state index in [0.29, 0.717) is 17.5 Å². The van der Waals surface area contributed by atoms with Gasteiger partial charge in [-0.1, -0.05) is 146 Å². The summed E-state index contributed by atoms with van der Waals surface area (Å²) in [6, 6.07) is 67.4. The summed E-state index contributed by atoms with van der Waals surface area (Å²) >= 11 is 0. The Morgan fingerprint density at radius 3 is 1.57 bits per heavy atom. The zero-order valence-corrected chi connectivity index (χ0v) is 30.2. The van der Waals surface area contributed by atoms with Crippen molar-refractivity contribution in [2.45, 2.75) is 0 Å². The fourth-order valence-corrected chi connectivity index (χ4v) is 7.97. The Morgan fingerprint density at radius 2 is 0.857 bits per heavy atom. The minimum absolute atomic E-state index is 0.598. The number of aromatic nitrogens is 4. The molecule has 0 N–H and O–H groups in total. The molecule has 262 valence electrons. The minimum Gasteiger partial charge on any atom is -0.456 e. The normalized spacial score (nSPS) is 11.6. The van der Waals surface area contributed by atoms with Crippen LogP contribution in [0.1, 0.15) is 0 Å². The van der Waals surface area contributed by atoms with E-state index in [1.54, 1.807) is 0 Å². The van der Waals surface area contributed by atoms with Crippen LogP contribution in [0, 0.1) is 0 Å². The largest absolute Gasteiger partial charge is 0.456 e. The lowest BCUT2D eigenvalue weighted by molar-refractivity contribution is 0.669. The summed E-state index contributed by atoms with van der Waals surface area (Å²) in [7, 11) is 0. The molecular formula is C51H32N4O. The van der Waals surface area contributed by atoms with Crippen molar-refractivity contribution >= 4 is 43.7 Å². The monoisotopic (exact) mass is 716 g/mol. The Balaban J connectivity index is 1.12. The second-order valence-corrected chi connectivity index (χ2v) is 14.0. The van der Waals surface area contributed by atoms with Crippen molar-refractivity contribution in [2.75, 3.05) is 0 Å². The molecule has 0 aliphatic rings. The standard InChI is InChI=1S/C51H32N4O/c1-4-13-33(14-5-1)35-23-25-37(26-24-35)50-52-49(36-17-8-3-9-18-36)53-51(54-50)39-27-29-45-43(32-39)47-46(56-45)30-28-42-41-21-10-11-22-44(41)55(48(42)47)40-20-12-19-38(31-40)34-15-6-2-7-16-34/h1-32H. The highest BCUT2D eigenvalue weighted by Gasteiger charge is 2.21. The molecule has 0 unspecified atom stereocenters. The van der Waals surface area contributed by atoms with Gasteiger partial charge in [0.15, 0.2) is 17.5 Å². The van der Waals surface area contributed by atoms with Crippen LogP contribution in [-0.4, -0.2) is 19.5 Å². The van der Waals surface area contributed by atoms with E-state index in [0.717, 1.165) is 72.0 Å². The molecule has 0 saturated heterocycles. The summed E-state index contributed by atoms with van der Waals surface area (Å²) in [5.74, 6) is 1.84. The first-order chi connectivity index (χ1) is 27.7. The molecule has 3 aromatic heterocycles. The number of hydrogen-bond donors (Lipinski definition) is 0. The van der Waals surface area contributed by atoms with Crippen LogP contribution in [0.25, 0.3) is 106 Å². The van der Waals surface area contributed by atoms with Crippen molar-refractivity contribution < 1.29 is 4.42 Å². The van der Waals surface area contributed by atoms with Gasteiger partial charge in [0.05, 0.1) is 16.4 Å². The second kappa shape index (κ2) is 13.0. The highest BCUT2D eigenvalue weighted by atomic mass is 16.3. The molecule has 3 heterocycles. The third-order valence-electron chi connectivity index (χ3n) is 10.7. The van der Waals surface area contributed by atoms with Gasteiger partial charge in [-0.05, 0) is 70.8 Å². The summed E-state index contributed by atoms with van der Waals surface area (Å²) in [6.45, 7) is 0. The van der Waals surface area contributed by atoms with Crippen LogP contribution in [0.2, 0.25) is 0 Å². The molecule has 0 atom stereocenters. The smallest absolute Gasteiger partial charge is 0.164 e. The molecule has 0 bridgehead atoms. The molecule has 0 radical (unpaired) electrons. The number of benzene rings is 8. The number of rotatable bonds is 6. The highest BCUT2D eigenvalue weighted by Crippen LogP contribution is 2.42. The molecule has 0 fully saturated rings. The average Bonchev–Trinajstić information content (AvgIpc) is 3.83. The van der Waals surface area contributed by atoms with Gasteiger partial charge in [-0.2, -0.15) is 0 Å². The van der Waals surface area contributed by atoms with Gasteiger partial charge in [-0.3, -0.25) is 0 Å². The van der Waals surface area contributed by atoms with Gasteiger partial charge in [-0.15, -0.1) is 0 Å². The Morgan fingerprint density at radius 1 is 0.339 bits per heavy atom. The summed E-state index contributed by atoms with van der Waals surface area (Å²) in [6.07, 6.45) is 0. The number of hydrogen-bond acceptors (Lipinski definition) is 4. The van der Waals surface area contributed by atoms with Crippen LogP contribution < -0.4 is 0 Å².